The fourth-order valence-electron chi connectivity index (χ4n) is 4.03. The number of benzene rings is 1. The van der Waals surface area contributed by atoms with Crippen molar-refractivity contribution in [2.24, 2.45) is 0 Å². The summed E-state index contributed by atoms with van der Waals surface area (Å²) in [5, 5.41) is 0. The first-order valence-corrected chi connectivity index (χ1v) is 10.1. The third-order valence-corrected chi connectivity index (χ3v) is 5.65. The van der Waals surface area contributed by atoms with Gasteiger partial charge in [-0.25, -0.2) is 0 Å². The number of rotatable bonds is 6. The lowest BCUT2D eigenvalue weighted by atomic mass is 10.2. The molecule has 1 saturated carbocycles. The first-order valence-electron chi connectivity index (χ1n) is 10.1. The summed E-state index contributed by atoms with van der Waals surface area (Å²) in [6.07, 6.45) is 6.93. The lowest BCUT2D eigenvalue weighted by Gasteiger charge is -2.36. The van der Waals surface area contributed by atoms with Crippen LogP contribution in [0.1, 0.15) is 31.4 Å². The largest absolute Gasteiger partial charge is 0.493 e. The summed E-state index contributed by atoms with van der Waals surface area (Å²) in [4.78, 5) is 16.7. The van der Waals surface area contributed by atoms with Crippen molar-refractivity contribution in [1.82, 2.24) is 4.90 Å². The van der Waals surface area contributed by atoms with E-state index in [4.69, 9.17) is 13.9 Å². The second kappa shape index (κ2) is 8.59. The van der Waals surface area contributed by atoms with Crippen molar-refractivity contribution in [2.45, 2.75) is 38.2 Å². The van der Waals surface area contributed by atoms with Crippen LogP contribution in [-0.4, -0.2) is 50.2 Å². The van der Waals surface area contributed by atoms with Crippen molar-refractivity contribution in [2.75, 3.05) is 38.2 Å². The fraction of sp³-hybridized carbons (Fsp3) is 0.500. The predicted octanol–water partition coefficient (Wildman–Crippen LogP) is 3.50. The van der Waals surface area contributed by atoms with Crippen molar-refractivity contribution in [1.29, 1.82) is 0 Å². The molecule has 0 bridgehead atoms. The monoisotopic (exact) mass is 384 g/mol. The molecular formula is C22H28N2O4. The highest BCUT2D eigenvalue weighted by atomic mass is 16.5. The molecule has 2 aliphatic rings. The van der Waals surface area contributed by atoms with Crippen molar-refractivity contribution >= 4 is 11.6 Å². The second-order valence-corrected chi connectivity index (χ2v) is 7.48. The van der Waals surface area contributed by atoms with Gasteiger partial charge in [0.05, 0.1) is 25.9 Å². The van der Waals surface area contributed by atoms with Crippen molar-refractivity contribution < 1.29 is 18.7 Å². The average molecular weight is 384 g/mol. The van der Waals surface area contributed by atoms with Crippen LogP contribution in [0.5, 0.6) is 11.5 Å². The van der Waals surface area contributed by atoms with Gasteiger partial charge in [0.25, 0.3) is 0 Å². The van der Waals surface area contributed by atoms with Crippen molar-refractivity contribution in [3.8, 4) is 11.5 Å². The molecule has 0 radical (unpaired) electrons. The molecular weight excluding hydrogens is 356 g/mol. The molecule has 1 aliphatic heterocycles. The van der Waals surface area contributed by atoms with Gasteiger partial charge in [-0.3, -0.25) is 4.79 Å². The standard InChI is InChI=1S/C22H28N2O4/c1-26-20-9-8-17(15-21(20)28-18-5-2-3-6-18)23-10-12-24(13-11-23)22(25)16-19-7-4-14-27-19/h4,7-9,14-15,18H,2-3,5-6,10-13,16H2,1H3. The maximum Gasteiger partial charge on any atom is 0.230 e. The Morgan fingerprint density at radius 2 is 1.89 bits per heavy atom. The highest BCUT2D eigenvalue weighted by Gasteiger charge is 2.24. The van der Waals surface area contributed by atoms with Crippen LogP contribution in [-0.2, 0) is 11.2 Å². The van der Waals surface area contributed by atoms with Gasteiger partial charge < -0.3 is 23.7 Å². The van der Waals surface area contributed by atoms with Gasteiger partial charge in [0.2, 0.25) is 5.91 Å². The molecule has 2 fully saturated rings. The van der Waals surface area contributed by atoms with E-state index >= 15 is 0 Å². The van der Waals surface area contributed by atoms with Crippen LogP contribution in [0.4, 0.5) is 5.69 Å². The third kappa shape index (κ3) is 4.26. The Morgan fingerprint density at radius 1 is 1.11 bits per heavy atom. The van der Waals surface area contributed by atoms with E-state index < -0.39 is 0 Å². The van der Waals surface area contributed by atoms with Gasteiger partial charge in [-0.05, 0) is 49.9 Å². The maximum absolute atomic E-state index is 12.5. The Bertz CT molecular complexity index is 776. The highest BCUT2D eigenvalue weighted by molar-refractivity contribution is 5.78. The van der Waals surface area contributed by atoms with Gasteiger partial charge >= 0.3 is 0 Å². The van der Waals surface area contributed by atoms with Crippen LogP contribution in [0.2, 0.25) is 0 Å². The molecule has 0 spiro atoms. The molecule has 4 rings (SSSR count). The summed E-state index contributed by atoms with van der Waals surface area (Å²) < 4.78 is 17.0. The summed E-state index contributed by atoms with van der Waals surface area (Å²) in [6, 6.07) is 9.79. The zero-order chi connectivity index (χ0) is 19.3. The zero-order valence-electron chi connectivity index (χ0n) is 16.4. The third-order valence-electron chi connectivity index (χ3n) is 5.65. The Hall–Kier alpha value is -2.63. The van der Waals surface area contributed by atoms with Crippen molar-refractivity contribution in [3.63, 3.8) is 0 Å². The van der Waals surface area contributed by atoms with Gasteiger partial charge in [-0.2, -0.15) is 0 Å². The van der Waals surface area contributed by atoms with E-state index in [1.807, 2.05) is 23.1 Å². The molecule has 150 valence electrons. The molecule has 2 aromatic rings. The minimum atomic E-state index is 0.120. The number of furan rings is 1. The van der Waals surface area contributed by atoms with E-state index in [1.165, 1.54) is 12.8 Å². The molecule has 6 heteroatoms. The molecule has 0 N–H and O–H groups in total. The van der Waals surface area contributed by atoms with Gasteiger partial charge in [0.1, 0.15) is 5.76 Å². The summed E-state index contributed by atoms with van der Waals surface area (Å²) in [7, 11) is 1.68. The molecule has 28 heavy (non-hydrogen) atoms. The minimum Gasteiger partial charge on any atom is -0.493 e. The number of ether oxygens (including phenoxy) is 2. The fourth-order valence-corrected chi connectivity index (χ4v) is 4.03. The Labute approximate surface area is 166 Å². The molecule has 2 heterocycles. The number of anilines is 1. The molecule has 1 aliphatic carbocycles. The lowest BCUT2D eigenvalue weighted by molar-refractivity contribution is -0.131. The number of nitrogens with zero attached hydrogens (tertiary/aromatic N) is 2. The van der Waals surface area contributed by atoms with Crippen LogP contribution < -0.4 is 14.4 Å². The molecule has 1 aromatic carbocycles. The van der Waals surface area contributed by atoms with E-state index in [-0.39, 0.29) is 5.91 Å². The number of carbonyl (C=O) groups excluding carboxylic acids is 1. The van der Waals surface area contributed by atoms with Crippen LogP contribution in [0.25, 0.3) is 0 Å². The van der Waals surface area contributed by atoms with Crippen LogP contribution in [0, 0.1) is 0 Å². The second-order valence-electron chi connectivity index (χ2n) is 7.48. The molecule has 0 unspecified atom stereocenters. The highest BCUT2D eigenvalue weighted by Crippen LogP contribution is 2.35. The van der Waals surface area contributed by atoms with Crippen LogP contribution >= 0.6 is 0 Å². The van der Waals surface area contributed by atoms with Crippen molar-refractivity contribution in [3.05, 3.63) is 42.4 Å². The topological polar surface area (TPSA) is 55.2 Å². The summed E-state index contributed by atoms with van der Waals surface area (Å²) in [5.41, 5.74) is 1.12. The predicted molar refractivity (Wildman–Crippen MR) is 107 cm³/mol. The van der Waals surface area contributed by atoms with Crippen LogP contribution in [0.3, 0.4) is 0 Å². The van der Waals surface area contributed by atoms with E-state index in [9.17, 15) is 4.79 Å². The number of hydrogen-bond acceptors (Lipinski definition) is 5. The number of hydrogen-bond donors (Lipinski definition) is 0. The Kier molecular flexibility index (Phi) is 5.74. The Balaban J connectivity index is 1.37. The number of piperazine rings is 1. The van der Waals surface area contributed by atoms with E-state index in [0.29, 0.717) is 25.6 Å². The van der Waals surface area contributed by atoms with Crippen LogP contribution in [0.15, 0.2) is 41.0 Å². The maximum atomic E-state index is 12.5. The minimum absolute atomic E-state index is 0.120. The first kappa shape index (κ1) is 18.7. The first-order chi connectivity index (χ1) is 13.7. The number of carbonyl (C=O) groups is 1. The lowest BCUT2D eigenvalue weighted by Crippen LogP contribution is -2.49. The molecule has 1 saturated heterocycles. The zero-order valence-corrected chi connectivity index (χ0v) is 16.4. The SMILES string of the molecule is COc1ccc(N2CCN(C(=O)Cc3ccco3)CC2)cc1OC1CCCC1. The molecule has 1 amide bonds. The summed E-state index contributed by atoms with van der Waals surface area (Å²) in [6.45, 7) is 3.03. The smallest absolute Gasteiger partial charge is 0.230 e. The summed E-state index contributed by atoms with van der Waals surface area (Å²) >= 11 is 0. The van der Waals surface area contributed by atoms with E-state index in [0.717, 1.165) is 48.9 Å². The summed E-state index contributed by atoms with van der Waals surface area (Å²) in [5.74, 6) is 2.44. The number of methoxy groups -OCH3 is 1. The van der Waals surface area contributed by atoms with E-state index in [2.05, 4.69) is 17.0 Å². The molecule has 0 atom stereocenters. The molecule has 1 aromatic heterocycles. The van der Waals surface area contributed by atoms with Gasteiger partial charge in [0, 0.05) is 37.9 Å². The molecule has 6 nitrogen and oxygen atoms in total. The van der Waals surface area contributed by atoms with E-state index in [1.54, 1.807) is 13.4 Å². The Morgan fingerprint density at radius 3 is 2.57 bits per heavy atom. The average Bonchev–Trinajstić information content (AvgIpc) is 3.42. The quantitative estimate of drug-likeness (QED) is 0.763. The van der Waals surface area contributed by atoms with Gasteiger partial charge in [0.15, 0.2) is 11.5 Å². The normalized spacial score (nSPS) is 17.8. The van der Waals surface area contributed by atoms with Gasteiger partial charge in [-0.15, -0.1) is 0 Å². The number of amides is 1. The van der Waals surface area contributed by atoms with Gasteiger partial charge in [-0.1, -0.05) is 0 Å².